The van der Waals surface area contributed by atoms with Gasteiger partial charge >= 0.3 is 0 Å². The van der Waals surface area contributed by atoms with Gasteiger partial charge in [0, 0.05) is 24.2 Å². The fourth-order valence-electron chi connectivity index (χ4n) is 1.72. The van der Waals surface area contributed by atoms with E-state index in [1.807, 2.05) is 30.5 Å². The van der Waals surface area contributed by atoms with Crippen LogP contribution in [0.4, 0.5) is 0 Å². The van der Waals surface area contributed by atoms with Crippen molar-refractivity contribution in [3.05, 3.63) is 46.2 Å². The average Bonchev–Trinajstić information content (AvgIpc) is 2.92. The molecular formula is C14H19N3O2S. The summed E-state index contributed by atoms with van der Waals surface area (Å²) in [5.41, 5.74) is 0.921. The number of hydrogen-bond acceptors (Lipinski definition) is 6. The average molecular weight is 293 g/mol. The molecule has 0 saturated carbocycles. The summed E-state index contributed by atoms with van der Waals surface area (Å²) in [4.78, 5) is 9.49. The Morgan fingerprint density at radius 3 is 3.10 bits per heavy atom. The number of ether oxygens (including phenoxy) is 1. The minimum Gasteiger partial charge on any atom is -0.389 e. The van der Waals surface area contributed by atoms with Crippen LogP contribution in [0, 0.1) is 6.92 Å². The first-order valence-electron chi connectivity index (χ1n) is 6.51. The zero-order valence-electron chi connectivity index (χ0n) is 11.5. The van der Waals surface area contributed by atoms with E-state index in [4.69, 9.17) is 4.74 Å². The van der Waals surface area contributed by atoms with Crippen LogP contribution in [-0.2, 0) is 17.9 Å². The van der Waals surface area contributed by atoms with E-state index in [0.717, 1.165) is 11.5 Å². The Hall–Kier alpha value is -1.34. The van der Waals surface area contributed by atoms with Gasteiger partial charge in [-0.15, -0.1) is 11.3 Å². The maximum atomic E-state index is 9.79. The molecule has 0 fully saturated rings. The van der Waals surface area contributed by atoms with Crippen molar-refractivity contribution in [2.75, 3.05) is 13.2 Å². The van der Waals surface area contributed by atoms with E-state index in [2.05, 4.69) is 15.3 Å². The Balaban J connectivity index is 1.59. The number of aryl methyl sites for hydroxylation is 1. The van der Waals surface area contributed by atoms with Crippen LogP contribution in [0.25, 0.3) is 0 Å². The Morgan fingerprint density at radius 2 is 2.35 bits per heavy atom. The molecule has 2 rings (SSSR count). The summed E-state index contributed by atoms with van der Waals surface area (Å²) >= 11 is 1.65. The number of aliphatic hydroxyl groups is 1. The van der Waals surface area contributed by atoms with Gasteiger partial charge in [-0.05, 0) is 24.4 Å². The predicted octanol–water partition coefficient (Wildman–Crippen LogP) is 1.51. The first-order chi connectivity index (χ1) is 9.74. The highest BCUT2D eigenvalue weighted by Crippen LogP contribution is 2.09. The summed E-state index contributed by atoms with van der Waals surface area (Å²) in [5, 5.41) is 15.0. The molecule has 5 nitrogen and oxygen atoms in total. The van der Waals surface area contributed by atoms with E-state index in [-0.39, 0.29) is 0 Å². The number of aliphatic hydroxyl groups excluding tert-OH is 1. The molecule has 20 heavy (non-hydrogen) atoms. The Kier molecular flexibility index (Phi) is 6.07. The summed E-state index contributed by atoms with van der Waals surface area (Å²) in [6.45, 7) is 3.84. The van der Waals surface area contributed by atoms with Gasteiger partial charge in [-0.1, -0.05) is 6.07 Å². The van der Waals surface area contributed by atoms with Crippen molar-refractivity contribution in [1.29, 1.82) is 0 Å². The maximum Gasteiger partial charge on any atom is 0.125 e. The van der Waals surface area contributed by atoms with Crippen molar-refractivity contribution < 1.29 is 9.84 Å². The minimum atomic E-state index is -0.516. The fraction of sp³-hybridized carbons (Fsp3) is 0.429. The van der Waals surface area contributed by atoms with Gasteiger partial charge < -0.3 is 15.2 Å². The lowest BCUT2D eigenvalue weighted by Crippen LogP contribution is -2.30. The molecule has 2 N–H and O–H groups in total. The van der Waals surface area contributed by atoms with Crippen molar-refractivity contribution >= 4 is 11.3 Å². The Morgan fingerprint density at radius 1 is 1.45 bits per heavy atom. The molecule has 0 aromatic carbocycles. The SMILES string of the molecule is Cc1nccc(CNCC(O)COCc2cccs2)n1. The van der Waals surface area contributed by atoms with Gasteiger partial charge in [-0.25, -0.2) is 9.97 Å². The topological polar surface area (TPSA) is 67.3 Å². The number of nitrogens with zero attached hydrogens (tertiary/aromatic N) is 2. The normalized spacial score (nSPS) is 12.5. The van der Waals surface area contributed by atoms with Crippen LogP contribution in [0.3, 0.4) is 0 Å². The lowest BCUT2D eigenvalue weighted by molar-refractivity contribution is 0.0297. The molecule has 2 heterocycles. The molecular weight excluding hydrogens is 274 g/mol. The second-order valence-corrected chi connectivity index (χ2v) is 5.51. The summed E-state index contributed by atoms with van der Waals surface area (Å²) < 4.78 is 5.46. The number of thiophene rings is 1. The first kappa shape index (κ1) is 15.1. The fourth-order valence-corrected chi connectivity index (χ4v) is 2.36. The Labute approximate surface area is 122 Å². The second kappa shape index (κ2) is 8.06. The lowest BCUT2D eigenvalue weighted by Gasteiger charge is -2.12. The van der Waals surface area contributed by atoms with Crippen LogP contribution in [0.2, 0.25) is 0 Å². The van der Waals surface area contributed by atoms with E-state index in [9.17, 15) is 5.11 Å². The third-order valence-electron chi connectivity index (χ3n) is 2.65. The molecule has 2 aromatic heterocycles. The predicted molar refractivity (Wildman–Crippen MR) is 78.5 cm³/mol. The van der Waals surface area contributed by atoms with Gasteiger partial charge in [0.15, 0.2) is 0 Å². The van der Waals surface area contributed by atoms with Crippen LogP contribution in [0.5, 0.6) is 0 Å². The first-order valence-corrected chi connectivity index (χ1v) is 7.39. The molecule has 108 valence electrons. The number of hydrogen-bond donors (Lipinski definition) is 2. The molecule has 0 aliphatic rings. The molecule has 0 spiro atoms. The highest BCUT2D eigenvalue weighted by atomic mass is 32.1. The van der Waals surface area contributed by atoms with Gasteiger partial charge in [-0.3, -0.25) is 0 Å². The monoisotopic (exact) mass is 293 g/mol. The van der Waals surface area contributed by atoms with Crippen molar-refractivity contribution in [1.82, 2.24) is 15.3 Å². The summed E-state index contributed by atoms with van der Waals surface area (Å²) in [7, 11) is 0. The van der Waals surface area contributed by atoms with Crippen molar-refractivity contribution in [3.63, 3.8) is 0 Å². The zero-order valence-corrected chi connectivity index (χ0v) is 12.3. The quantitative estimate of drug-likeness (QED) is 0.772. The largest absolute Gasteiger partial charge is 0.389 e. The van der Waals surface area contributed by atoms with E-state index >= 15 is 0 Å². The van der Waals surface area contributed by atoms with Crippen molar-refractivity contribution in [2.45, 2.75) is 26.2 Å². The van der Waals surface area contributed by atoms with Crippen LogP contribution < -0.4 is 5.32 Å². The van der Waals surface area contributed by atoms with Crippen LogP contribution in [-0.4, -0.2) is 34.3 Å². The molecule has 1 unspecified atom stereocenters. The molecule has 0 bridgehead atoms. The number of rotatable bonds is 8. The highest BCUT2D eigenvalue weighted by Gasteiger charge is 2.05. The Bertz CT molecular complexity index is 505. The zero-order chi connectivity index (χ0) is 14.2. The van der Waals surface area contributed by atoms with Gasteiger partial charge in [0.05, 0.1) is 25.0 Å². The van der Waals surface area contributed by atoms with E-state index in [0.29, 0.717) is 26.3 Å². The van der Waals surface area contributed by atoms with Gasteiger partial charge in [0.1, 0.15) is 5.82 Å². The highest BCUT2D eigenvalue weighted by molar-refractivity contribution is 7.09. The van der Waals surface area contributed by atoms with Crippen LogP contribution in [0.15, 0.2) is 29.8 Å². The molecule has 2 aromatic rings. The molecule has 0 aliphatic heterocycles. The smallest absolute Gasteiger partial charge is 0.125 e. The van der Waals surface area contributed by atoms with Crippen molar-refractivity contribution in [2.24, 2.45) is 0 Å². The number of nitrogens with one attached hydrogen (secondary N) is 1. The molecule has 0 aliphatic carbocycles. The standard InChI is InChI=1S/C14H19N3O2S/c1-11-16-5-4-12(17-11)7-15-8-13(18)9-19-10-14-3-2-6-20-14/h2-6,13,15,18H,7-10H2,1H3. The van der Waals surface area contributed by atoms with Crippen LogP contribution >= 0.6 is 11.3 Å². The maximum absolute atomic E-state index is 9.79. The molecule has 0 amide bonds. The van der Waals surface area contributed by atoms with Crippen LogP contribution in [0.1, 0.15) is 16.4 Å². The molecule has 0 saturated heterocycles. The second-order valence-electron chi connectivity index (χ2n) is 4.47. The minimum absolute atomic E-state index is 0.327. The third kappa shape index (κ3) is 5.34. The van der Waals surface area contributed by atoms with Crippen molar-refractivity contribution in [3.8, 4) is 0 Å². The van der Waals surface area contributed by atoms with E-state index in [1.54, 1.807) is 17.5 Å². The van der Waals surface area contributed by atoms with E-state index < -0.39 is 6.10 Å². The van der Waals surface area contributed by atoms with Gasteiger partial charge in [0.2, 0.25) is 0 Å². The molecule has 0 radical (unpaired) electrons. The third-order valence-corrected chi connectivity index (χ3v) is 3.50. The summed E-state index contributed by atoms with van der Waals surface area (Å²) in [6.07, 6.45) is 1.22. The van der Waals surface area contributed by atoms with E-state index in [1.165, 1.54) is 4.88 Å². The molecule has 1 atom stereocenters. The summed E-state index contributed by atoms with van der Waals surface area (Å²) in [6, 6.07) is 5.87. The number of aromatic nitrogens is 2. The van der Waals surface area contributed by atoms with Gasteiger partial charge in [0.25, 0.3) is 0 Å². The summed E-state index contributed by atoms with van der Waals surface area (Å²) in [5.74, 6) is 0.754. The molecule has 6 heteroatoms. The van der Waals surface area contributed by atoms with Gasteiger partial charge in [-0.2, -0.15) is 0 Å². The lowest BCUT2D eigenvalue weighted by atomic mass is 10.3.